The summed E-state index contributed by atoms with van der Waals surface area (Å²) in [6.45, 7) is 1.47. The smallest absolute Gasteiger partial charge is 0.217 e. The van der Waals surface area contributed by atoms with Crippen molar-refractivity contribution in [3.05, 3.63) is 71.3 Å². The van der Waals surface area contributed by atoms with Gasteiger partial charge in [-0.1, -0.05) is 46.9 Å². The predicted molar refractivity (Wildman–Crippen MR) is 95.6 cm³/mol. The van der Waals surface area contributed by atoms with Crippen LogP contribution in [0.5, 0.6) is 0 Å². The molecule has 0 spiro atoms. The molecule has 0 heterocycles. The average molecular weight is 429 g/mol. The summed E-state index contributed by atoms with van der Waals surface area (Å²) in [6.07, 6.45) is 0.666. The van der Waals surface area contributed by atoms with E-state index in [9.17, 15) is 13.6 Å². The molecule has 0 aliphatic rings. The second-order valence-corrected chi connectivity index (χ2v) is 6.32. The highest BCUT2D eigenvalue weighted by Crippen LogP contribution is 2.30. The zero-order valence-electron chi connectivity index (χ0n) is 12.7. The number of carbonyl (C=O) groups excluding carboxylic acids is 1. The van der Waals surface area contributed by atoms with Crippen LogP contribution in [0.25, 0.3) is 0 Å². The zero-order valence-corrected chi connectivity index (χ0v) is 14.9. The van der Waals surface area contributed by atoms with Crippen molar-refractivity contribution >= 4 is 28.5 Å². The molecule has 0 aliphatic carbocycles. The minimum atomic E-state index is -0.306. The van der Waals surface area contributed by atoms with Gasteiger partial charge in [-0.15, -0.1) is 0 Å². The van der Waals surface area contributed by atoms with Crippen LogP contribution in [0, 0.1) is 11.6 Å². The fraction of sp³-hybridized carbons (Fsp3) is 0.278. The number of nitrogens with one attached hydrogen (secondary N) is 1. The Morgan fingerprint density at radius 3 is 1.91 bits per heavy atom. The molecule has 2 unspecified atom stereocenters. The molecule has 0 aliphatic heterocycles. The Bertz CT molecular complexity index is 643. The van der Waals surface area contributed by atoms with Gasteiger partial charge in [0, 0.05) is 11.4 Å². The van der Waals surface area contributed by atoms with E-state index in [1.54, 1.807) is 24.3 Å². The van der Waals surface area contributed by atoms with Crippen molar-refractivity contribution in [1.29, 1.82) is 0 Å². The number of halogens is 3. The predicted octanol–water partition coefficient (Wildman–Crippen LogP) is 4.75. The molecule has 0 bridgehead atoms. The Morgan fingerprint density at radius 2 is 1.48 bits per heavy atom. The van der Waals surface area contributed by atoms with Gasteiger partial charge < -0.3 is 5.32 Å². The van der Waals surface area contributed by atoms with Crippen molar-refractivity contribution < 1.29 is 13.6 Å². The summed E-state index contributed by atoms with van der Waals surface area (Å²) < 4.78 is 27.1. The number of alkyl halides is 1. The molecule has 1 amide bonds. The molecule has 0 saturated heterocycles. The SMILES string of the molecule is CC(=O)NC(CC(CI)c1ccc(F)cc1)c1ccc(F)cc1. The van der Waals surface area contributed by atoms with E-state index in [1.165, 1.54) is 31.2 Å². The fourth-order valence-corrected chi connectivity index (χ4v) is 3.39. The summed E-state index contributed by atoms with van der Waals surface area (Å²) in [5.74, 6) is -0.541. The first kappa shape index (κ1) is 17.8. The molecule has 2 aromatic carbocycles. The van der Waals surface area contributed by atoms with Crippen LogP contribution in [0.2, 0.25) is 0 Å². The lowest BCUT2D eigenvalue weighted by atomic mass is 9.90. The largest absolute Gasteiger partial charge is 0.350 e. The number of hydrogen-bond donors (Lipinski definition) is 1. The van der Waals surface area contributed by atoms with Crippen LogP contribution < -0.4 is 5.32 Å². The van der Waals surface area contributed by atoms with E-state index in [2.05, 4.69) is 27.9 Å². The quantitative estimate of drug-likeness (QED) is 0.521. The van der Waals surface area contributed by atoms with Gasteiger partial charge in [0.15, 0.2) is 0 Å². The van der Waals surface area contributed by atoms with Crippen molar-refractivity contribution in [1.82, 2.24) is 5.32 Å². The third kappa shape index (κ3) is 5.27. The Labute approximate surface area is 148 Å². The molecule has 2 aromatic rings. The van der Waals surface area contributed by atoms with Crippen LogP contribution in [0.1, 0.15) is 36.4 Å². The van der Waals surface area contributed by atoms with Gasteiger partial charge in [0.1, 0.15) is 11.6 Å². The molecule has 23 heavy (non-hydrogen) atoms. The lowest BCUT2D eigenvalue weighted by Crippen LogP contribution is -2.27. The van der Waals surface area contributed by atoms with E-state index in [4.69, 9.17) is 0 Å². The topological polar surface area (TPSA) is 29.1 Å². The first-order valence-electron chi connectivity index (χ1n) is 7.33. The minimum absolute atomic E-state index is 0.134. The van der Waals surface area contributed by atoms with Crippen LogP contribution in [-0.4, -0.2) is 10.3 Å². The van der Waals surface area contributed by atoms with Crippen molar-refractivity contribution in [3.63, 3.8) is 0 Å². The molecule has 2 rings (SSSR count). The summed E-state index contributed by atoms with van der Waals surface area (Å²) in [7, 11) is 0. The first-order chi connectivity index (χ1) is 11.0. The standard InChI is InChI=1S/C18H18F2INO/c1-12(23)22-18(14-4-8-17(20)9-5-14)10-15(11-21)13-2-6-16(19)7-3-13/h2-9,15,18H,10-11H2,1H3,(H,22,23). The van der Waals surface area contributed by atoms with Gasteiger partial charge in [0.2, 0.25) is 5.91 Å². The van der Waals surface area contributed by atoms with E-state index in [0.717, 1.165) is 15.6 Å². The van der Waals surface area contributed by atoms with E-state index in [1.807, 2.05) is 0 Å². The second-order valence-electron chi connectivity index (χ2n) is 5.44. The monoisotopic (exact) mass is 429 g/mol. The van der Waals surface area contributed by atoms with Crippen LogP contribution in [0.3, 0.4) is 0 Å². The Kier molecular flexibility index (Phi) is 6.50. The van der Waals surface area contributed by atoms with Crippen LogP contribution in [-0.2, 0) is 4.79 Å². The maximum Gasteiger partial charge on any atom is 0.217 e. The number of benzene rings is 2. The lowest BCUT2D eigenvalue weighted by Gasteiger charge is -2.24. The van der Waals surface area contributed by atoms with E-state index in [0.29, 0.717) is 6.42 Å². The average Bonchev–Trinajstić information content (AvgIpc) is 2.53. The summed E-state index contributed by atoms with van der Waals surface area (Å²) in [5, 5.41) is 2.92. The first-order valence-corrected chi connectivity index (χ1v) is 8.86. The molecular formula is C18H18F2INO. The van der Waals surface area contributed by atoms with Crippen LogP contribution in [0.4, 0.5) is 8.78 Å². The van der Waals surface area contributed by atoms with Gasteiger partial charge in [-0.2, -0.15) is 0 Å². The van der Waals surface area contributed by atoms with E-state index >= 15 is 0 Å². The fourth-order valence-electron chi connectivity index (χ4n) is 2.53. The third-order valence-corrected chi connectivity index (χ3v) is 4.76. The molecule has 0 saturated carbocycles. The highest BCUT2D eigenvalue weighted by Gasteiger charge is 2.20. The Hall–Kier alpha value is -1.50. The molecule has 2 atom stereocenters. The summed E-state index contributed by atoms with van der Waals surface area (Å²) in [5.41, 5.74) is 1.89. The van der Waals surface area contributed by atoms with Crippen molar-refractivity contribution in [2.24, 2.45) is 0 Å². The maximum absolute atomic E-state index is 13.1. The van der Waals surface area contributed by atoms with Crippen LogP contribution in [0.15, 0.2) is 48.5 Å². The summed E-state index contributed by atoms with van der Waals surface area (Å²) in [6, 6.07) is 12.4. The lowest BCUT2D eigenvalue weighted by molar-refractivity contribution is -0.119. The molecule has 2 nitrogen and oxygen atoms in total. The molecule has 5 heteroatoms. The summed E-state index contributed by atoms with van der Waals surface area (Å²) in [4.78, 5) is 11.5. The van der Waals surface area contributed by atoms with Crippen molar-refractivity contribution in [2.75, 3.05) is 4.43 Å². The van der Waals surface area contributed by atoms with Crippen LogP contribution >= 0.6 is 22.6 Å². The normalized spacial score (nSPS) is 13.4. The van der Waals surface area contributed by atoms with Gasteiger partial charge in [-0.05, 0) is 47.7 Å². The number of hydrogen-bond acceptors (Lipinski definition) is 1. The van der Waals surface area contributed by atoms with E-state index in [-0.39, 0.29) is 29.5 Å². The molecule has 122 valence electrons. The zero-order chi connectivity index (χ0) is 16.8. The number of amides is 1. The molecule has 0 radical (unpaired) electrons. The number of carbonyl (C=O) groups is 1. The molecule has 0 fully saturated rings. The van der Waals surface area contributed by atoms with Gasteiger partial charge in [-0.3, -0.25) is 4.79 Å². The molecule has 1 N–H and O–H groups in total. The maximum atomic E-state index is 13.1. The minimum Gasteiger partial charge on any atom is -0.350 e. The van der Waals surface area contributed by atoms with Gasteiger partial charge in [0.05, 0.1) is 6.04 Å². The third-order valence-electron chi connectivity index (χ3n) is 3.70. The van der Waals surface area contributed by atoms with Crippen molar-refractivity contribution in [3.8, 4) is 0 Å². The van der Waals surface area contributed by atoms with Crippen molar-refractivity contribution in [2.45, 2.75) is 25.3 Å². The highest BCUT2D eigenvalue weighted by molar-refractivity contribution is 14.1. The van der Waals surface area contributed by atoms with Gasteiger partial charge in [0.25, 0.3) is 0 Å². The molecule has 0 aromatic heterocycles. The Morgan fingerprint density at radius 1 is 1.00 bits per heavy atom. The Balaban J connectivity index is 2.22. The summed E-state index contributed by atoms with van der Waals surface area (Å²) >= 11 is 2.29. The second kappa shape index (κ2) is 8.38. The van der Waals surface area contributed by atoms with Gasteiger partial charge >= 0.3 is 0 Å². The molecular weight excluding hydrogens is 411 g/mol. The van der Waals surface area contributed by atoms with E-state index < -0.39 is 0 Å². The highest BCUT2D eigenvalue weighted by atomic mass is 127. The van der Waals surface area contributed by atoms with Gasteiger partial charge in [-0.25, -0.2) is 8.78 Å². The number of rotatable bonds is 6.